The summed E-state index contributed by atoms with van der Waals surface area (Å²) >= 11 is 0. The lowest BCUT2D eigenvalue weighted by atomic mass is 10.2. The molecule has 0 aliphatic heterocycles. The van der Waals surface area contributed by atoms with E-state index < -0.39 is 14.9 Å². The highest BCUT2D eigenvalue weighted by atomic mass is 32.2. The van der Waals surface area contributed by atoms with Gasteiger partial charge in [0.1, 0.15) is 11.5 Å². The summed E-state index contributed by atoms with van der Waals surface area (Å²) in [6.07, 6.45) is 0. The van der Waals surface area contributed by atoms with Gasteiger partial charge in [0.2, 0.25) is 0 Å². The molecular weight excluding hydrogens is 518 g/mol. The van der Waals surface area contributed by atoms with E-state index in [-0.39, 0.29) is 16.4 Å². The van der Waals surface area contributed by atoms with E-state index in [0.717, 1.165) is 16.4 Å². The van der Waals surface area contributed by atoms with Gasteiger partial charge >= 0.3 is 0 Å². The Morgan fingerprint density at radius 2 is 1.33 bits per heavy atom. The van der Waals surface area contributed by atoms with Crippen LogP contribution < -0.4 is 13.8 Å². The Morgan fingerprint density at radius 3 is 1.85 bits per heavy atom. The first kappa shape index (κ1) is 27.3. The quantitative estimate of drug-likeness (QED) is 0.0991. The average molecular weight is 546 g/mol. The van der Waals surface area contributed by atoms with E-state index in [2.05, 4.69) is 0 Å². The summed E-state index contributed by atoms with van der Waals surface area (Å²) in [5.41, 5.74) is 1.15. The highest BCUT2D eigenvalue weighted by molar-refractivity contribution is 7.93. The van der Waals surface area contributed by atoms with E-state index in [0.29, 0.717) is 41.7 Å². The normalized spacial score (nSPS) is 11.6. The van der Waals surface area contributed by atoms with E-state index in [4.69, 9.17) is 14.5 Å². The number of anilines is 1. The van der Waals surface area contributed by atoms with E-state index in [1.165, 1.54) is 12.1 Å². The summed E-state index contributed by atoms with van der Waals surface area (Å²) < 4.78 is 40.6. The van der Waals surface area contributed by atoms with Crippen LogP contribution in [0.15, 0.2) is 113 Å². The molecule has 0 bridgehead atoms. The summed E-state index contributed by atoms with van der Waals surface area (Å²) in [5, 5.41) is 11.2. The van der Waals surface area contributed by atoms with Crippen molar-refractivity contribution in [1.82, 2.24) is 0 Å². The summed E-state index contributed by atoms with van der Waals surface area (Å²) in [6.45, 7) is 4.71. The van der Waals surface area contributed by atoms with Gasteiger partial charge in [0, 0.05) is 17.7 Å². The Kier molecular flexibility index (Phi) is 8.57. The molecule has 0 fully saturated rings. The zero-order valence-corrected chi connectivity index (χ0v) is 22.2. The van der Waals surface area contributed by atoms with Gasteiger partial charge in [0.15, 0.2) is 5.84 Å². The molecule has 0 aliphatic carbocycles. The van der Waals surface area contributed by atoms with Gasteiger partial charge in [0.25, 0.3) is 15.7 Å². The van der Waals surface area contributed by atoms with Gasteiger partial charge in [-0.25, -0.2) is 17.7 Å². The molecule has 0 unspecified atom stereocenters. The molecule has 0 heterocycles. The molecule has 10 heteroatoms. The molecule has 39 heavy (non-hydrogen) atoms. The maximum absolute atomic E-state index is 14.2. The molecule has 0 saturated heterocycles. The van der Waals surface area contributed by atoms with E-state index >= 15 is 0 Å². The van der Waals surface area contributed by atoms with Gasteiger partial charge in [-0.3, -0.25) is 10.1 Å². The molecule has 200 valence electrons. The van der Waals surface area contributed by atoms with Gasteiger partial charge < -0.3 is 9.47 Å². The molecule has 0 radical (unpaired) electrons. The summed E-state index contributed by atoms with van der Waals surface area (Å²) in [4.78, 5) is 15.2. The summed E-state index contributed by atoms with van der Waals surface area (Å²) in [7, 11) is -4.29. The fourth-order valence-corrected chi connectivity index (χ4v) is 5.25. The highest BCUT2D eigenvalue weighted by Gasteiger charge is 2.31. The van der Waals surface area contributed by atoms with E-state index in [1.807, 2.05) is 19.9 Å². The molecule has 0 aliphatic rings. The number of benzene rings is 4. The highest BCUT2D eigenvalue weighted by Crippen LogP contribution is 2.31. The first-order chi connectivity index (χ1) is 18.8. The number of hydrogen-bond donors (Lipinski definition) is 0. The monoisotopic (exact) mass is 545 g/mol. The van der Waals surface area contributed by atoms with Crippen LogP contribution in [0.2, 0.25) is 0 Å². The predicted molar refractivity (Wildman–Crippen MR) is 151 cm³/mol. The second-order valence-corrected chi connectivity index (χ2v) is 9.96. The number of sulfonamides is 1. The third-order valence-corrected chi connectivity index (χ3v) is 7.31. The lowest BCUT2D eigenvalue weighted by Crippen LogP contribution is -2.37. The van der Waals surface area contributed by atoms with Crippen molar-refractivity contribution in [3.8, 4) is 11.5 Å². The van der Waals surface area contributed by atoms with Crippen LogP contribution in [0.3, 0.4) is 0 Å². The third kappa shape index (κ3) is 6.42. The number of nitrogens with zero attached hydrogens (tertiary/aromatic N) is 3. The van der Waals surface area contributed by atoms with Crippen LogP contribution in [-0.4, -0.2) is 32.4 Å². The van der Waals surface area contributed by atoms with Crippen molar-refractivity contribution in [2.75, 3.05) is 17.5 Å². The zero-order chi connectivity index (χ0) is 27.8. The Bertz CT molecular complexity index is 1540. The number of nitro benzene ring substituents is 1. The molecular formula is C29H27N3O6S. The topological polar surface area (TPSA) is 111 Å². The van der Waals surface area contributed by atoms with Crippen molar-refractivity contribution in [1.29, 1.82) is 0 Å². The fraction of sp³-hybridized carbons (Fsp3) is 0.138. The average Bonchev–Trinajstić information content (AvgIpc) is 2.95. The zero-order valence-electron chi connectivity index (χ0n) is 21.4. The number of amidine groups is 1. The second kappa shape index (κ2) is 12.2. The maximum Gasteiger partial charge on any atom is 0.269 e. The van der Waals surface area contributed by atoms with Gasteiger partial charge in [-0.2, -0.15) is 0 Å². The van der Waals surface area contributed by atoms with Crippen molar-refractivity contribution in [3.63, 3.8) is 0 Å². The van der Waals surface area contributed by atoms with Crippen LogP contribution in [0.1, 0.15) is 19.4 Å². The van der Waals surface area contributed by atoms with Crippen LogP contribution in [0, 0.1) is 10.1 Å². The van der Waals surface area contributed by atoms with Gasteiger partial charge in [-0.15, -0.1) is 0 Å². The van der Waals surface area contributed by atoms with Crippen molar-refractivity contribution < 1.29 is 22.8 Å². The van der Waals surface area contributed by atoms with Crippen LogP contribution in [0.25, 0.3) is 0 Å². The SMILES string of the molecule is CCOc1ccc(N=C(c2ccccc2)N(c2ccc(OCC)cc2)S(=O)(=O)c2ccc([N+](=O)[O-])cc2)cc1. The number of nitro groups is 1. The Labute approximate surface area is 227 Å². The standard InChI is InChI=1S/C29H27N3O6S/c1-3-37-26-16-10-23(11-17-26)30-29(22-8-6-5-7-9-22)31(24-12-18-27(19-13-24)38-4-2)39(35,36)28-20-14-25(15-21-28)32(33)34/h5-21H,3-4H2,1-2H3. The van der Waals surface area contributed by atoms with Gasteiger partial charge in [0.05, 0.1) is 34.4 Å². The van der Waals surface area contributed by atoms with Crippen molar-refractivity contribution in [3.05, 3.63) is 119 Å². The van der Waals surface area contributed by atoms with Gasteiger partial charge in [-0.05, 0) is 74.5 Å². The molecule has 0 amide bonds. The minimum absolute atomic E-state index is 0.127. The smallest absolute Gasteiger partial charge is 0.269 e. The number of aliphatic imine (C=N–C) groups is 1. The summed E-state index contributed by atoms with van der Waals surface area (Å²) in [5.74, 6) is 1.39. The van der Waals surface area contributed by atoms with E-state index in [9.17, 15) is 18.5 Å². The molecule has 0 saturated carbocycles. The molecule has 0 atom stereocenters. The Hall–Kier alpha value is -4.70. The van der Waals surface area contributed by atoms with Crippen LogP contribution in [0.4, 0.5) is 17.1 Å². The van der Waals surface area contributed by atoms with Crippen LogP contribution >= 0.6 is 0 Å². The number of non-ortho nitro benzene ring substituents is 1. The number of ether oxygens (including phenoxy) is 2. The molecule has 4 aromatic rings. The van der Waals surface area contributed by atoms with Crippen LogP contribution in [0.5, 0.6) is 11.5 Å². The van der Waals surface area contributed by atoms with E-state index in [1.54, 1.807) is 72.8 Å². The largest absolute Gasteiger partial charge is 0.494 e. The van der Waals surface area contributed by atoms with Crippen molar-refractivity contribution in [2.24, 2.45) is 4.99 Å². The molecule has 4 rings (SSSR count). The van der Waals surface area contributed by atoms with Crippen molar-refractivity contribution >= 4 is 32.9 Å². The lowest BCUT2D eigenvalue weighted by Gasteiger charge is -2.26. The predicted octanol–water partition coefficient (Wildman–Crippen LogP) is 6.37. The van der Waals surface area contributed by atoms with Crippen molar-refractivity contribution in [2.45, 2.75) is 18.7 Å². The molecule has 9 nitrogen and oxygen atoms in total. The first-order valence-electron chi connectivity index (χ1n) is 12.2. The molecule has 0 spiro atoms. The minimum Gasteiger partial charge on any atom is -0.494 e. The third-order valence-electron chi connectivity index (χ3n) is 5.58. The summed E-state index contributed by atoms with van der Waals surface area (Å²) in [6, 6.07) is 27.3. The Morgan fingerprint density at radius 1 is 0.795 bits per heavy atom. The Balaban J connectivity index is 1.92. The molecule has 4 aromatic carbocycles. The molecule has 0 N–H and O–H groups in total. The number of hydrogen-bond acceptors (Lipinski definition) is 7. The lowest BCUT2D eigenvalue weighted by molar-refractivity contribution is -0.384. The second-order valence-electron chi connectivity index (χ2n) is 8.18. The fourth-order valence-electron chi connectivity index (χ4n) is 3.78. The first-order valence-corrected chi connectivity index (χ1v) is 13.7. The number of rotatable bonds is 10. The van der Waals surface area contributed by atoms with Crippen LogP contribution in [-0.2, 0) is 10.0 Å². The van der Waals surface area contributed by atoms with Gasteiger partial charge in [-0.1, -0.05) is 30.3 Å². The maximum atomic E-state index is 14.2. The molecule has 0 aromatic heterocycles. The minimum atomic E-state index is -4.29.